The topological polar surface area (TPSA) is 96.3 Å². The summed E-state index contributed by atoms with van der Waals surface area (Å²) >= 11 is 6.06. The van der Waals surface area contributed by atoms with Gasteiger partial charge in [-0.2, -0.15) is 0 Å². The van der Waals surface area contributed by atoms with Crippen LogP contribution in [0.1, 0.15) is 30.5 Å². The van der Waals surface area contributed by atoms with E-state index in [-0.39, 0.29) is 28.4 Å². The van der Waals surface area contributed by atoms with Crippen LogP contribution in [0.5, 0.6) is 17.2 Å². The first-order chi connectivity index (χ1) is 14.3. The summed E-state index contributed by atoms with van der Waals surface area (Å²) in [5, 5.41) is 21.6. The highest BCUT2D eigenvalue weighted by molar-refractivity contribution is 6.46. The third kappa shape index (κ3) is 3.68. The molecule has 1 amide bonds. The molecule has 0 saturated carbocycles. The zero-order valence-corrected chi connectivity index (χ0v) is 17.6. The predicted molar refractivity (Wildman–Crippen MR) is 112 cm³/mol. The third-order valence-corrected chi connectivity index (χ3v) is 5.26. The number of aromatic hydroxyl groups is 1. The number of nitrogens with zero attached hydrogens (tertiary/aromatic N) is 1. The number of amides is 1. The molecule has 2 aromatic carbocycles. The van der Waals surface area contributed by atoms with E-state index in [2.05, 4.69) is 0 Å². The SMILES string of the molecule is CCCN1C(=O)C(=O)/C(=C(\O)c2ccc(Cl)c(OC)c2)C1c1ccc(OC)c(O)c1. The second-order valence-electron chi connectivity index (χ2n) is 6.77. The molecule has 0 aromatic heterocycles. The van der Waals surface area contributed by atoms with E-state index in [1.54, 1.807) is 12.1 Å². The number of phenols is 1. The number of Topliss-reactive ketones (excluding diaryl/α,β-unsaturated/α-hetero) is 1. The van der Waals surface area contributed by atoms with Crippen LogP contribution in [0.25, 0.3) is 5.76 Å². The molecule has 0 aliphatic carbocycles. The number of carbonyl (C=O) groups excluding carboxylic acids is 2. The zero-order valence-electron chi connectivity index (χ0n) is 16.8. The summed E-state index contributed by atoms with van der Waals surface area (Å²) in [6.45, 7) is 2.19. The highest BCUT2D eigenvalue weighted by Gasteiger charge is 2.45. The fourth-order valence-electron chi connectivity index (χ4n) is 3.54. The minimum absolute atomic E-state index is 0.0672. The summed E-state index contributed by atoms with van der Waals surface area (Å²) in [6.07, 6.45) is 0.612. The summed E-state index contributed by atoms with van der Waals surface area (Å²) in [4.78, 5) is 27.0. The highest BCUT2D eigenvalue weighted by Crippen LogP contribution is 2.42. The van der Waals surface area contributed by atoms with E-state index in [4.69, 9.17) is 21.1 Å². The van der Waals surface area contributed by atoms with Gasteiger partial charge >= 0.3 is 0 Å². The maximum absolute atomic E-state index is 12.9. The van der Waals surface area contributed by atoms with Gasteiger partial charge < -0.3 is 24.6 Å². The zero-order chi connectivity index (χ0) is 22.0. The summed E-state index contributed by atoms with van der Waals surface area (Å²) in [5.41, 5.74) is 0.694. The van der Waals surface area contributed by atoms with E-state index in [1.165, 1.54) is 43.4 Å². The highest BCUT2D eigenvalue weighted by atomic mass is 35.5. The molecule has 3 rings (SSSR count). The first kappa shape index (κ1) is 21.5. The summed E-state index contributed by atoms with van der Waals surface area (Å²) < 4.78 is 10.3. The molecule has 0 bridgehead atoms. The number of ether oxygens (including phenoxy) is 2. The van der Waals surface area contributed by atoms with Gasteiger partial charge in [0.2, 0.25) is 0 Å². The second-order valence-corrected chi connectivity index (χ2v) is 7.18. The molecule has 30 heavy (non-hydrogen) atoms. The smallest absolute Gasteiger partial charge is 0.295 e. The minimum atomic E-state index is -0.858. The Morgan fingerprint density at radius 3 is 2.40 bits per heavy atom. The van der Waals surface area contributed by atoms with Crippen LogP contribution >= 0.6 is 11.6 Å². The van der Waals surface area contributed by atoms with Crippen molar-refractivity contribution in [2.24, 2.45) is 0 Å². The fourth-order valence-corrected chi connectivity index (χ4v) is 3.73. The maximum atomic E-state index is 12.9. The van der Waals surface area contributed by atoms with Crippen molar-refractivity contribution >= 4 is 29.1 Å². The second kappa shape index (κ2) is 8.67. The van der Waals surface area contributed by atoms with Crippen LogP contribution in [0.3, 0.4) is 0 Å². The van der Waals surface area contributed by atoms with Crippen molar-refractivity contribution in [1.82, 2.24) is 4.90 Å². The van der Waals surface area contributed by atoms with Crippen LogP contribution < -0.4 is 9.47 Å². The molecule has 1 unspecified atom stereocenters. The number of carbonyl (C=O) groups is 2. The molecule has 1 aliphatic rings. The maximum Gasteiger partial charge on any atom is 0.295 e. The summed E-state index contributed by atoms with van der Waals surface area (Å²) in [5.74, 6) is -1.40. The van der Waals surface area contributed by atoms with Crippen LogP contribution in [0.15, 0.2) is 42.0 Å². The van der Waals surface area contributed by atoms with Gasteiger partial charge in [-0.1, -0.05) is 24.6 Å². The molecule has 2 N–H and O–H groups in total. The van der Waals surface area contributed by atoms with Crippen LogP contribution in [0.2, 0.25) is 5.02 Å². The van der Waals surface area contributed by atoms with Gasteiger partial charge in [-0.15, -0.1) is 0 Å². The van der Waals surface area contributed by atoms with E-state index >= 15 is 0 Å². The molecule has 8 heteroatoms. The molecule has 0 radical (unpaired) electrons. The monoisotopic (exact) mass is 431 g/mol. The van der Waals surface area contributed by atoms with Crippen LogP contribution in [-0.2, 0) is 9.59 Å². The van der Waals surface area contributed by atoms with Crippen molar-refractivity contribution in [3.05, 3.63) is 58.1 Å². The molecule has 1 atom stereocenters. The van der Waals surface area contributed by atoms with Gasteiger partial charge in [0, 0.05) is 12.1 Å². The average molecular weight is 432 g/mol. The fraction of sp³-hybridized carbons (Fsp3) is 0.273. The standard InChI is InChI=1S/C22H22ClNO6/c1-4-9-24-19(12-6-8-16(29-2)15(25)10-12)18(21(27)22(24)28)20(26)13-5-7-14(23)17(11-13)30-3/h5-8,10-11,19,25-26H,4,9H2,1-3H3/b20-18-. The Bertz CT molecular complexity index is 1030. The number of rotatable bonds is 6. The number of aliphatic hydroxyl groups excluding tert-OH is 1. The molecule has 0 spiro atoms. The van der Waals surface area contributed by atoms with Crippen molar-refractivity contribution in [2.45, 2.75) is 19.4 Å². The van der Waals surface area contributed by atoms with Gasteiger partial charge in [-0.3, -0.25) is 9.59 Å². The normalized spacial score (nSPS) is 18.0. The lowest BCUT2D eigenvalue weighted by molar-refractivity contribution is -0.139. The Labute approximate surface area is 179 Å². The number of methoxy groups -OCH3 is 2. The Kier molecular flexibility index (Phi) is 6.22. The average Bonchev–Trinajstić information content (AvgIpc) is 2.98. The van der Waals surface area contributed by atoms with E-state index in [0.717, 1.165) is 0 Å². The van der Waals surface area contributed by atoms with E-state index in [0.29, 0.717) is 29.3 Å². The summed E-state index contributed by atoms with van der Waals surface area (Å²) in [7, 11) is 2.86. The number of hydrogen-bond acceptors (Lipinski definition) is 6. The predicted octanol–water partition coefficient (Wildman–Crippen LogP) is 3.89. The number of ketones is 1. The van der Waals surface area contributed by atoms with Crippen LogP contribution in [0, 0.1) is 0 Å². The van der Waals surface area contributed by atoms with Gasteiger partial charge in [0.05, 0.1) is 30.9 Å². The third-order valence-electron chi connectivity index (χ3n) is 4.95. The van der Waals surface area contributed by atoms with Crippen molar-refractivity contribution in [1.29, 1.82) is 0 Å². The molecule has 1 aliphatic heterocycles. The van der Waals surface area contributed by atoms with Crippen molar-refractivity contribution in [3.8, 4) is 17.2 Å². The van der Waals surface area contributed by atoms with E-state index < -0.39 is 17.7 Å². The van der Waals surface area contributed by atoms with E-state index in [1.807, 2.05) is 6.92 Å². The molecule has 1 fully saturated rings. The van der Waals surface area contributed by atoms with Crippen LogP contribution in [0.4, 0.5) is 0 Å². The Morgan fingerprint density at radius 1 is 1.10 bits per heavy atom. The Balaban J connectivity index is 2.21. The van der Waals surface area contributed by atoms with E-state index in [9.17, 15) is 19.8 Å². The molecular weight excluding hydrogens is 410 g/mol. The number of phenolic OH excluding ortho intramolecular Hbond substituents is 1. The number of likely N-dealkylation sites (tertiary alicyclic amines) is 1. The summed E-state index contributed by atoms with van der Waals surface area (Å²) in [6, 6.07) is 8.32. The van der Waals surface area contributed by atoms with Gasteiger partial charge in [-0.25, -0.2) is 0 Å². The number of aliphatic hydroxyl groups is 1. The van der Waals surface area contributed by atoms with Crippen molar-refractivity contribution < 1.29 is 29.3 Å². The van der Waals surface area contributed by atoms with Crippen molar-refractivity contribution in [2.75, 3.05) is 20.8 Å². The number of benzene rings is 2. The first-order valence-corrected chi connectivity index (χ1v) is 9.71. The first-order valence-electron chi connectivity index (χ1n) is 9.33. The minimum Gasteiger partial charge on any atom is -0.507 e. The van der Waals surface area contributed by atoms with Crippen molar-refractivity contribution in [3.63, 3.8) is 0 Å². The molecular formula is C22H22ClNO6. The quantitative estimate of drug-likeness (QED) is 0.409. The molecule has 7 nitrogen and oxygen atoms in total. The molecule has 158 valence electrons. The number of hydrogen-bond donors (Lipinski definition) is 2. The Morgan fingerprint density at radius 2 is 1.80 bits per heavy atom. The number of halogens is 1. The Hall–Kier alpha value is -3.19. The lowest BCUT2D eigenvalue weighted by Crippen LogP contribution is -2.30. The lowest BCUT2D eigenvalue weighted by Gasteiger charge is -2.25. The lowest BCUT2D eigenvalue weighted by atomic mass is 9.95. The van der Waals surface area contributed by atoms with Gasteiger partial charge in [0.15, 0.2) is 11.5 Å². The molecule has 1 saturated heterocycles. The van der Waals surface area contributed by atoms with Crippen LogP contribution in [-0.4, -0.2) is 47.6 Å². The van der Waals surface area contributed by atoms with Gasteiger partial charge in [0.25, 0.3) is 11.7 Å². The molecule has 1 heterocycles. The van der Waals surface area contributed by atoms with Gasteiger partial charge in [0.1, 0.15) is 11.5 Å². The molecule has 2 aromatic rings. The largest absolute Gasteiger partial charge is 0.507 e. The van der Waals surface area contributed by atoms with Gasteiger partial charge in [-0.05, 0) is 42.3 Å².